The van der Waals surface area contributed by atoms with Gasteiger partial charge in [0.1, 0.15) is 0 Å². The van der Waals surface area contributed by atoms with Crippen LogP contribution in [0.15, 0.2) is 48.5 Å². The first-order valence-corrected chi connectivity index (χ1v) is 12.3. The van der Waals surface area contributed by atoms with E-state index in [1.54, 1.807) is 24.3 Å². The van der Waals surface area contributed by atoms with Crippen molar-refractivity contribution in [2.24, 2.45) is 0 Å². The molecule has 0 bridgehead atoms. The quantitative estimate of drug-likeness (QED) is 0.619. The number of carbonyl (C=O) groups excluding carboxylic acids is 2. The number of carbonyl (C=O) groups is 2. The molecule has 166 valence electrons. The average Bonchev–Trinajstić information content (AvgIpc) is 3.12. The second-order valence-electron chi connectivity index (χ2n) is 7.63. The van der Waals surface area contributed by atoms with Gasteiger partial charge in [-0.2, -0.15) is 4.31 Å². The maximum absolute atomic E-state index is 12.4. The number of rotatable bonds is 9. The van der Waals surface area contributed by atoms with Gasteiger partial charge in [-0.05, 0) is 29.2 Å². The van der Waals surface area contributed by atoms with Crippen molar-refractivity contribution in [2.45, 2.75) is 32.5 Å². The fourth-order valence-corrected chi connectivity index (χ4v) is 4.30. The first-order valence-electron chi connectivity index (χ1n) is 10.0. The summed E-state index contributed by atoms with van der Waals surface area (Å²) in [4.78, 5) is 26.0. The molecule has 3 rings (SSSR count). The zero-order chi connectivity index (χ0) is 22.4. The van der Waals surface area contributed by atoms with Gasteiger partial charge in [-0.15, -0.1) is 0 Å². The van der Waals surface area contributed by atoms with Crippen LogP contribution in [-0.4, -0.2) is 48.8 Å². The van der Waals surface area contributed by atoms with E-state index < -0.39 is 15.9 Å². The molecule has 0 spiro atoms. The van der Waals surface area contributed by atoms with Crippen LogP contribution in [0.2, 0.25) is 5.02 Å². The molecule has 0 unspecified atom stereocenters. The van der Waals surface area contributed by atoms with Gasteiger partial charge in [0.25, 0.3) is 0 Å². The Morgan fingerprint density at radius 2 is 1.81 bits per heavy atom. The minimum Gasteiger partial charge on any atom is -0.351 e. The molecule has 1 aliphatic heterocycles. The van der Waals surface area contributed by atoms with Gasteiger partial charge in [0, 0.05) is 37.6 Å². The van der Waals surface area contributed by atoms with Crippen LogP contribution in [0.3, 0.4) is 0 Å². The van der Waals surface area contributed by atoms with Crippen LogP contribution in [0.25, 0.3) is 0 Å². The van der Waals surface area contributed by atoms with Crippen LogP contribution < -0.4 is 5.32 Å². The molecule has 1 aliphatic rings. The second kappa shape index (κ2) is 10.3. The molecule has 1 heterocycles. The van der Waals surface area contributed by atoms with Gasteiger partial charge in [-0.1, -0.05) is 54.1 Å². The third kappa shape index (κ3) is 6.78. The lowest BCUT2D eigenvalue weighted by Gasteiger charge is -2.20. The predicted molar refractivity (Wildman–Crippen MR) is 120 cm³/mol. The fourth-order valence-electron chi connectivity index (χ4n) is 3.38. The summed E-state index contributed by atoms with van der Waals surface area (Å²) in [6.45, 7) is 1.40. The van der Waals surface area contributed by atoms with Gasteiger partial charge in [0.05, 0.1) is 12.8 Å². The standard InChI is InChI=1S/C22H26ClN3O4S/c1-31(29,30)26(15-19-5-2-3-6-20(19)23)16-21(27)24-13-17-8-10-18(11-9-17)14-25-12-4-7-22(25)28/h2-3,5-6,8-11H,4,7,12-16H2,1H3,(H,24,27). The van der Waals surface area contributed by atoms with E-state index in [2.05, 4.69) is 5.32 Å². The van der Waals surface area contributed by atoms with Gasteiger partial charge >= 0.3 is 0 Å². The highest BCUT2D eigenvalue weighted by Crippen LogP contribution is 2.18. The van der Waals surface area contributed by atoms with Crippen molar-refractivity contribution in [3.8, 4) is 0 Å². The lowest BCUT2D eigenvalue weighted by molar-refractivity contribution is -0.128. The summed E-state index contributed by atoms with van der Waals surface area (Å²) in [5, 5.41) is 3.21. The largest absolute Gasteiger partial charge is 0.351 e. The number of nitrogens with zero attached hydrogens (tertiary/aromatic N) is 2. The minimum atomic E-state index is -3.60. The number of sulfonamides is 1. The maximum atomic E-state index is 12.4. The summed E-state index contributed by atoms with van der Waals surface area (Å²) in [5.74, 6) is -0.215. The van der Waals surface area contributed by atoms with E-state index in [1.807, 2.05) is 29.2 Å². The van der Waals surface area contributed by atoms with Gasteiger partial charge in [0.2, 0.25) is 21.8 Å². The van der Waals surface area contributed by atoms with E-state index in [-0.39, 0.29) is 25.5 Å². The smallest absolute Gasteiger partial charge is 0.235 e. The number of nitrogens with one attached hydrogen (secondary N) is 1. The molecule has 0 atom stereocenters. The Bertz CT molecular complexity index is 1040. The molecule has 2 aromatic rings. The molecule has 2 aromatic carbocycles. The highest BCUT2D eigenvalue weighted by atomic mass is 35.5. The summed E-state index contributed by atoms with van der Waals surface area (Å²) in [7, 11) is -3.60. The molecule has 1 saturated heterocycles. The maximum Gasteiger partial charge on any atom is 0.235 e. The van der Waals surface area contributed by atoms with E-state index in [4.69, 9.17) is 11.6 Å². The predicted octanol–water partition coefficient (Wildman–Crippen LogP) is 2.54. The highest BCUT2D eigenvalue weighted by Gasteiger charge is 2.22. The molecular weight excluding hydrogens is 438 g/mol. The highest BCUT2D eigenvalue weighted by molar-refractivity contribution is 7.88. The Hall–Kier alpha value is -2.42. The van der Waals surface area contributed by atoms with Crippen LogP contribution in [0, 0.1) is 0 Å². The van der Waals surface area contributed by atoms with Crippen molar-refractivity contribution in [1.82, 2.24) is 14.5 Å². The Kier molecular flexibility index (Phi) is 7.69. The lowest BCUT2D eigenvalue weighted by atomic mass is 10.1. The van der Waals surface area contributed by atoms with Crippen LogP contribution in [0.5, 0.6) is 0 Å². The molecule has 0 aromatic heterocycles. The van der Waals surface area contributed by atoms with E-state index in [0.29, 0.717) is 23.6 Å². The molecular formula is C22H26ClN3O4S. The third-order valence-corrected chi connectivity index (χ3v) is 6.72. The van der Waals surface area contributed by atoms with Gasteiger partial charge in [-0.25, -0.2) is 8.42 Å². The lowest BCUT2D eigenvalue weighted by Crippen LogP contribution is -2.39. The molecule has 0 radical (unpaired) electrons. The molecule has 31 heavy (non-hydrogen) atoms. The second-order valence-corrected chi connectivity index (χ2v) is 10.0. The molecule has 9 heteroatoms. The van der Waals surface area contributed by atoms with E-state index >= 15 is 0 Å². The zero-order valence-electron chi connectivity index (χ0n) is 17.4. The Labute approximate surface area is 188 Å². The summed E-state index contributed by atoms with van der Waals surface area (Å²) < 4.78 is 25.4. The Morgan fingerprint density at radius 3 is 2.42 bits per heavy atom. The number of benzene rings is 2. The van der Waals surface area contributed by atoms with Gasteiger partial charge in [-0.3, -0.25) is 9.59 Å². The summed E-state index contributed by atoms with van der Waals surface area (Å²) >= 11 is 6.13. The van der Waals surface area contributed by atoms with Crippen molar-refractivity contribution in [2.75, 3.05) is 19.3 Å². The molecule has 2 amide bonds. The van der Waals surface area contributed by atoms with Crippen molar-refractivity contribution in [3.05, 3.63) is 70.2 Å². The first-order chi connectivity index (χ1) is 14.7. The third-order valence-electron chi connectivity index (χ3n) is 5.15. The number of hydrogen-bond donors (Lipinski definition) is 1. The summed E-state index contributed by atoms with van der Waals surface area (Å²) in [6, 6.07) is 14.6. The molecule has 1 fully saturated rings. The Balaban J connectivity index is 1.54. The van der Waals surface area contributed by atoms with Crippen LogP contribution >= 0.6 is 11.6 Å². The van der Waals surface area contributed by atoms with Crippen LogP contribution in [0.4, 0.5) is 0 Å². The van der Waals surface area contributed by atoms with E-state index in [0.717, 1.165) is 34.7 Å². The van der Waals surface area contributed by atoms with Crippen molar-refractivity contribution < 1.29 is 18.0 Å². The van der Waals surface area contributed by atoms with Gasteiger partial charge in [0.15, 0.2) is 0 Å². The van der Waals surface area contributed by atoms with Crippen LogP contribution in [-0.2, 0) is 39.2 Å². The number of amides is 2. The van der Waals surface area contributed by atoms with Crippen molar-refractivity contribution in [3.63, 3.8) is 0 Å². The normalized spacial score (nSPS) is 14.3. The molecule has 7 nitrogen and oxygen atoms in total. The number of halogens is 1. The van der Waals surface area contributed by atoms with E-state index in [1.165, 1.54) is 0 Å². The average molecular weight is 464 g/mol. The van der Waals surface area contributed by atoms with Gasteiger partial charge < -0.3 is 10.2 Å². The summed E-state index contributed by atoms with van der Waals surface area (Å²) in [6.07, 6.45) is 2.59. The van der Waals surface area contributed by atoms with Crippen molar-refractivity contribution >= 4 is 33.4 Å². The molecule has 0 saturated carbocycles. The SMILES string of the molecule is CS(=O)(=O)N(CC(=O)NCc1ccc(CN2CCCC2=O)cc1)Cc1ccccc1Cl. The number of likely N-dealkylation sites (tertiary alicyclic amines) is 1. The zero-order valence-corrected chi connectivity index (χ0v) is 19.0. The first kappa shape index (κ1) is 23.2. The van der Waals surface area contributed by atoms with Crippen molar-refractivity contribution in [1.29, 1.82) is 0 Å². The minimum absolute atomic E-state index is 0.0237. The molecule has 0 aliphatic carbocycles. The summed E-state index contributed by atoms with van der Waals surface area (Å²) in [5.41, 5.74) is 2.56. The topological polar surface area (TPSA) is 86.8 Å². The number of hydrogen-bond acceptors (Lipinski definition) is 4. The van der Waals surface area contributed by atoms with Crippen LogP contribution in [0.1, 0.15) is 29.5 Å². The fraction of sp³-hybridized carbons (Fsp3) is 0.364. The molecule has 1 N–H and O–H groups in total. The Morgan fingerprint density at radius 1 is 1.13 bits per heavy atom. The monoisotopic (exact) mass is 463 g/mol. The van der Waals surface area contributed by atoms with E-state index in [9.17, 15) is 18.0 Å².